The highest BCUT2D eigenvalue weighted by Gasteiger charge is 2.36. The average molecular weight is 156 g/mol. The Hall–Kier alpha value is -0.370. The van der Waals surface area contributed by atoms with Gasteiger partial charge in [-0.25, -0.2) is 0 Å². The molecule has 0 bridgehead atoms. The van der Waals surface area contributed by atoms with Crippen LogP contribution in [0.4, 0.5) is 0 Å². The van der Waals surface area contributed by atoms with Gasteiger partial charge in [-0.05, 0) is 26.7 Å². The maximum atomic E-state index is 11.1. The summed E-state index contributed by atoms with van der Waals surface area (Å²) in [4.78, 5) is 11.1. The second kappa shape index (κ2) is 2.94. The van der Waals surface area contributed by atoms with Crippen molar-refractivity contribution in [2.75, 3.05) is 0 Å². The van der Waals surface area contributed by atoms with Crippen molar-refractivity contribution in [1.29, 1.82) is 0 Å². The molecule has 0 radical (unpaired) electrons. The van der Waals surface area contributed by atoms with Crippen molar-refractivity contribution in [3.05, 3.63) is 0 Å². The molecule has 0 aliphatic heterocycles. The molecule has 0 amide bonds. The minimum Gasteiger partial charge on any atom is -0.389 e. The van der Waals surface area contributed by atoms with Gasteiger partial charge in [-0.1, -0.05) is 12.8 Å². The van der Waals surface area contributed by atoms with Crippen LogP contribution in [0.5, 0.6) is 0 Å². The zero-order valence-electron chi connectivity index (χ0n) is 7.26. The van der Waals surface area contributed by atoms with Gasteiger partial charge in [-0.3, -0.25) is 4.79 Å². The second-order valence-corrected chi connectivity index (χ2v) is 3.77. The van der Waals surface area contributed by atoms with Crippen molar-refractivity contribution in [1.82, 2.24) is 0 Å². The van der Waals surface area contributed by atoms with Crippen LogP contribution in [0.25, 0.3) is 0 Å². The quantitative estimate of drug-likeness (QED) is 0.625. The van der Waals surface area contributed by atoms with E-state index in [1.54, 1.807) is 13.8 Å². The van der Waals surface area contributed by atoms with E-state index in [1.807, 2.05) is 0 Å². The van der Waals surface area contributed by atoms with Crippen molar-refractivity contribution < 1.29 is 9.90 Å². The minimum absolute atomic E-state index is 0.115. The number of hydrogen-bond donors (Lipinski definition) is 1. The molecule has 0 saturated heterocycles. The molecule has 1 N–H and O–H groups in total. The maximum absolute atomic E-state index is 11.1. The summed E-state index contributed by atoms with van der Waals surface area (Å²) < 4.78 is 0. The summed E-state index contributed by atoms with van der Waals surface area (Å²) in [5.41, 5.74) is -0.732. The highest BCUT2D eigenvalue weighted by molar-refractivity contribution is 5.79. The van der Waals surface area contributed by atoms with Gasteiger partial charge in [0.1, 0.15) is 5.78 Å². The third-order valence-electron chi connectivity index (χ3n) is 2.67. The normalized spacial score (nSPS) is 38.6. The lowest BCUT2D eigenvalue weighted by atomic mass is 9.75. The number of rotatable bonds is 1. The van der Waals surface area contributed by atoms with Gasteiger partial charge in [0.05, 0.1) is 5.60 Å². The van der Waals surface area contributed by atoms with Crippen molar-refractivity contribution in [2.24, 2.45) is 5.92 Å². The van der Waals surface area contributed by atoms with Gasteiger partial charge in [0.15, 0.2) is 0 Å². The van der Waals surface area contributed by atoms with E-state index in [2.05, 4.69) is 0 Å². The molecular weight excluding hydrogens is 140 g/mol. The Balaban J connectivity index is 2.67. The molecule has 1 aliphatic rings. The van der Waals surface area contributed by atoms with Crippen LogP contribution in [0.15, 0.2) is 0 Å². The van der Waals surface area contributed by atoms with E-state index in [-0.39, 0.29) is 11.7 Å². The topological polar surface area (TPSA) is 37.3 Å². The standard InChI is InChI=1S/C9H16O2/c1-7(10)8-5-3-4-6-9(8,2)11/h8,11H,3-6H2,1-2H3/t8-,9+/m0/s1. The van der Waals surface area contributed by atoms with E-state index in [4.69, 9.17) is 0 Å². The second-order valence-electron chi connectivity index (χ2n) is 3.77. The third-order valence-corrected chi connectivity index (χ3v) is 2.67. The van der Waals surface area contributed by atoms with E-state index < -0.39 is 5.60 Å². The molecule has 1 saturated carbocycles. The Labute approximate surface area is 67.6 Å². The molecule has 0 heterocycles. The summed E-state index contributed by atoms with van der Waals surface area (Å²) in [6.45, 7) is 3.35. The molecule has 1 rings (SSSR count). The molecule has 2 atom stereocenters. The van der Waals surface area contributed by atoms with Crippen LogP contribution < -0.4 is 0 Å². The van der Waals surface area contributed by atoms with Gasteiger partial charge < -0.3 is 5.11 Å². The van der Waals surface area contributed by atoms with Gasteiger partial charge in [-0.2, -0.15) is 0 Å². The third kappa shape index (κ3) is 1.80. The number of carbonyl (C=O) groups is 1. The predicted molar refractivity (Wildman–Crippen MR) is 43.3 cm³/mol. The highest BCUT2D eigenvalue weighted by Crippen LogP contribution is 2.33. The van der Waals surface area contributed by atoms with Crippen molar-refractivity contribution in [2.45, 2.75) is 45.1 Å². The summed E-state index contributed by atoms with van der Waals surface area (Å²) in [5, 5.41) is 9.78. The van der Waals surface area contributed by atoms with Crippen LogP contribution in [0, 0.1) is 5.92 Å². The molecule has 2 nitrogen and oxygen atoms in total. The summed E-state index contributed by atoms with van der Waals surface area (Å²) in [5.74, 6) is 0.0194. The molecule has 0 aromatic rings. The van der Waals surface area contributed by atoms with Crippen LogP contribution in [-0.4, -0.2) is 16.5 Å². The largest absolute Gasteiger partial charge is 0.389 e. The van der Waals surface area contributed by atoms with Crippen LogP contribution in [0.3, 0.4) is 0 Å². The summed E-state index contributed by atoms with van der Waals surface area (Å²) in [6, 6.07) is 0. The highest BCUT2D eigenvalue weighted by atomic mass is 16.3. The zero-order chi connectivity index (χ0) is 8.48. The van der Waals surface area contributed by atoms with Gasteiger partial charge in [-0.15, -0.1) is 0 Å². The lowest BCUT2D eigenvalue weighted by molar-refractivity contribution is -0.132. The fraction of sp³-hybridized carbons (Fsp3) is 0.889. The van der Waals surface area contributed by atoms with E-state index in [0.717, 1.165) is 25.7 Å². The molecule has 0 spiro atoms. The van der Waals surface area contributed by atoms with Gasteiger partial charge in [0.2, 0.25) is 0 Å². The number of aliphatic hydroxyl groups is 1. The van der Waals surface area contributed by atoms with Crippen LogP contribution >= 0.6 is 0 Å². The molecule has 0 aromatic heterocycles. The van der Waals surface area contributed by atoms with Crippen molar-refractivity contribution >= 4 is 5.78 Å². The molecule has 1 aliphatic carbocycles. The number of ketones is 1. The molecule has 1 fully saturated rings. The van der Waals surface area contributed by atoms with Crippen molar-refractivity contribution in [3.8, 4) is 0 Å². The van der Waals surface area contributed by atoms with Gasteiger partial charge >= 0.3 is 0 Å². The van der Waals surface area contributed by atoms with E-state index in [9.17, 15) is 9.90 Å². The number of hydrogen-bond acceptors (Lipinski definition) is 2. The first-order valence-electron chi connectivity index (χ1n) is 4.27. The van der Waals surface area contributed by atoms with E-state index in [1.165, 1.54) is 0 Å². The summed E-state index contributed by atoms with van der Waals surface area (Å²) in [6.07, 6.45) is 3.77. The SMILES string of the molecule is CC(=O)[C@@H]1CCCC[C@@]1(C)O. The lowest BCUT2D eigenvalue weighted by Crippen LogP contribution is -2.41. The number of carbonyl (C=O) groups excluding carboxylic acids is 1. The molecule has 2 heteroatoms. The van der Waals surface area contributed by atoms with Gasteiger partial charge in [0.25, 0.3) is 0 Å². The van der Waals surface area contributed by atoms with Gasteiger partial charge in [0, 0.05) is 5.92 Å². The fourth-order valence-corrected chi connectivity index (χ4v) is 1.96. The Kier molecular flexibility index (Phi) is 2.33. The molecular formula is C9H16O2. The van der Waals surface area contributed by atoms with Crippen LogP contribution in [0.1, 0.15) is 39.5 Å². The molecule has 64 valence electrons. The first kappa shape index (κ1) is 8.72. The maximum Gasteiger partial charge on any atom is 0.135 e. The van der Waals surface area contributed by atoms with Crippen LogP contribution in [0.2, 0.25) is 0 Å². The average Bonchev–Trinajstić information content (AvgIpc) is 1.85. The first-order chi connectivity index (χ1) is 5.04. The minimum atomic E-state index is -0.732. The predicted octanol–water partition coefficient (Wildman–Crippen LogP) is 1.52. The lowest BCUT2D eigenvalue weighted by Gasteiger charge is -2.35. The molecule has 11 heavy (non-hydrogen) atoms. The van der Waals surface area contributed by atoms with Crippen molar-refractivity contribution in [3.63, 3.8) is 0 Å². The Morgan fingerprint density at radius 2 is 2.18 bits per heavy atom. The first-order valence-corrected chi connectivity index (χ1v) is 4.27. The zero-order valence-corrected chi connectivity index (χ0v) is 7.26. The Morgan fingerprint density at radius 3 is 2.55 bits per heavy atom. The number of Topliss-reactive ketones (excluding diaryl/α,β-unsaturated/α-hetero) is 1. The fourth-order valence-electron chi connectivity index (χ4n) is 1.96. The smallest absolute Gasteiger partial charge is 0.135 e. The van der Waals surface area contributed by atoms with Crippen LogP contribution in [-0.2, 0) is 4.79 Å². The summed E-state index contributed by atoms with van der Waals surface area (Å²) >= 11 is 0. The monoisotopic (exact) mass is 156 g/mol. The van der Waals surface area contributed by atoms with E-state index >= 15 is 0 Å². The Bertz CT molecular complexity index is 161. The molecule has 0 unspecified atom stereocenters. The van der Waals surface area contributed by atoms with E-state index in [0.29, 0.717) is 0 Å². The Morgan fingerprint density at radius 1 is 1.55 bits per heavy atom. The summed E-state index contributed by atoms with van der Waals surface area (Å²) in [7, 11) is 0. The molecule has 0 aromatic carbocycles.